The first-order chi connectivity index (χ1) is 10.3. The Labute approximate surface area is 126 Å². The number of benzene rings is 1. The minimum atomic E-state index is 0.700. The summed E-state index contributed by atoms with van der Waals surface area (Å²) in [5.41, 5.74) is 3.45. The van der Waals surface area contributed by atoms with Gasteiger partial charge in [0.2, 0.25) is 0 Å². The van der Waals surface area contributed by atoms with E-state index in [0.29, 0.717) is 6.04 Å². The summed E-state index contributed by atoms with van der Waals surface area (Å²) in [6.45, 7) is 5.95. The zero-order valence-electron chi connectivity index (χ0n) is 12.7. The highest BCUT2D eigenvalue weighted by atomic mass is 15.3. The molecule has 1 aliphatic rings. The molecular formula is C17H22N4. The van der Waals surface area contributed by atoms with E-state index in [0.717, 1.165) is 24.6 Å². The van der Waals surface area contributed by atoms with E-state index in [9.17, 15) is 0 Å². The number of rotatable bonds is 6. The third-order valence-corrected chi connectivity index (χ3v) is 3.85. The van der Waals surface area contributed by atoms with Crippen molar-refractivity contribution in [1.29, 1.82) is 0 Å². The summed E-state index contributed by atoms with van der Waals surface area (Å²) in [5, 5.41) is 12.2. The molecule has 1 fully saturated rings. The Hall–Kier alpha value is -1.94. The first-order valence-electron chi connectivity index (χ1n) is 7.67. The average molecular weight is 282 g/mol. The van der Waals surface area contributed by atoms with Gasteiger partial charge in [-0.1, -0.05) is 18.2 Å². The van der Waals surface area contributed by atoms with E-state index in [-0.39, 0.29) is 0 Å². The number of aromatic nitrogens is 2. The van der Waals surface area contributed by atoms with Crippen molar-refractivity contribution in [3.05, 3.63) is 47.7 Å². The third kappa shape index (κ3) is 3.39. The predicted octanol–water partition coefficient (Wildman–Crippen LogP) is 3.20. The molecule has 2 aromatic rings. The summed E-state index contributed by atoms with van der Waals surface area (Å²) in [5.74, 6) is 0.905. The zero-order valence-corrected chi connectivity index (χ0v) is 12.7. The summed E-state index contributed by atoms with van der Waals surface area (Å²) >= 11 is 0. The molecule has 0 aliphatic heterocycles. The zero-order chi connectivity index (χ0) is 14.7. The molecule has 1 heterocycles. The van der Waals surface area contributed by atoms with Crippen molar-refractivity contribution in [2.45, 2.75) is 39.3 Å². The van der Waals surface area contributed by atoms with Crippen LogP contribution in [0.1, 0.15) is 31.0 Å². The van der Waals surface area contributed by atoms with E-state index >= 15 is 0 Å². The molecule has 0 unspecified atom stereocenters. The van der Waals surface area contributed by atoms with Crippen molar-refractivity contribution in [2.75, 3.05) is 11.4 Å². The molecule has 0 saturated heterocycles. The van der Waals surface area contributed by atoms with Gasteiger partial charge in [-0.25, -0.2) is 0 Å². The maximum absolute atomic E-state index is 4.40. The van der Waals surface area contributed by atoms with Crippen LogP contribution in [0.3, 0.4) is 0 Å². The Balaban J connectivity index is 1.75. The number of anilines is 2. The van der Waals surface area contributed by atoms with Crippen LogP contribution in [0.2, 0.25) is 0 Å². The van der Waals surface area contributed by atoms with Gasteiger partial charge in [0.15, 0.2) is 5.82 Å². The highest BCUT2D eigenvalue weighted by Crippen LogP contribution is 2.26. The fraction of sp³-hybridized carbons (Fsp3) is 0.412. The third-order valence-electron chi connectivity index (χ3n) is 3.85. The standard InChI is InChI=1S/C17H22N4/c1-3-21(16-7-5-4-6-13(16)2)17-11-10-15(19-20-17)12-18-14-8-9-14/h4-7,10-11,14,18H,3,8-9,12H2,1-2H3. The van der Waals surface area contributed by atoms with Crippen LogP contribution in [-0.4, -0.2) is 22.8 Å². The van der Waals surface area contributed by atoms with Gasteiger partial charge in [-0.15, -0.1) is 5.10 Å². The van der Waals surface area contributed by atoms with Crippen LogP contribution >= 0.6 is 0 Å². The largest absolute Gasteiger partial charge is 0.325 e. The van der Waals surface area contributed by atoms with Gasteiger partial charge in [0, 0.05) is 24.8 Å². The average Bonchev–Trinajstić information content (AvgIpc) is 3.33. The smallest absolute Gasteiger partial charge is 0.155 e. The number of nitrogens with one attached hydrogen (secondary N) is 1. The van der Waals surface area contributed by atoms with Crippen molar-refractivity contribution >= 4 is 11.5 Å². The summed E-state index contributed by atoms with van der Waals surface area (Å²) in [7, 11) is 0. The second-order valence-electron chi connectivity index (χ2n) is 5.57. The van der Waals surface area contributed by atoms with Gasteiger partial charge in [-0.3, -0.25) is 0 Å². The van der Waals surface area contributed by atoms with Gasteiger partial charge in [-0.05, 0) is 50.5 Å². The van der Waals surface area contributed by atoms with Crippen LogP contribution < -0.4 is 10.2 Å². The molecule has 0 atom stereocenters. The molecule has 0 amide bonds. The molecule has 1 saturated carbocycles. The number of para-hydroxylation sites is 1. The normalized spacial score (nSPS) is 14.2. The fourth-order valence-corrected chi connectivity index (χ4v) is 2.45. The van der Waals surface area contributed by atoms with Crippen LogP contribution in [0.25, 0.3) is 0 Å². The number of nitrogens with zero attached hydrogens (tertiary/aromatic N) is 3. The van der Waals surface area contributed by atoms with E-state index in [1.165, 1.54) is 24.1 Å². The predicted molar refractivity (Wildman–Crippen MR) is 85.8 cm³/mol. The van der Waals surface area contributed by atoms with Crippen molar-refractivity contribution in [1.82, 2.24) is 15.5 Å². The first kappa shape index (κ1) is 14.0. The van der Waals surface area contributed by atoms with E-state index in [1.54, 1.807) is 0 Å². The van der Waals surface area contributed by atoms with Gasteiger partial charge in [0.1, 0.15) is 0 Å². The topological polar surface area (TPSA) is 41.0 Å². The summed E-state index contributed by atoms with van der Waals surface area (Å²) in [4.78, 5) is 2.19. The van der Waals surface area contributed by atoms with Gasteiger partial charge >= 0.3 is 0 Å². The number of aryl methyl sites for hydroxylation is 1. The van der Waals surface area contributed by atoms with Crippen molar-refractivity contribution in [3.63, 3.8) is 0 Å². The molecule has 1 aliphatic carbocycles. The molecule has 1 aromatic carbocycles. The van der Waals surface area contributed by atoms with E-state index < -0.39 is 0 Å². The minimum absolute atomic E-state index is 0.700. The number of hydrogen-bond donors (Lipinski definition) is 1. The van der Waals surface area contributed by atoms with Crippen LogP contribution in [0.15, 0.2) is 36.4 Å². The molecular weight excluding hydrogens is 260 g/mol. The molecule has 21 heavy (non-hydrogen) atoms. The van der Waals surface area contributed by atoms with Gasteiger partial charge in [0.25, 0.3) is 0 Å². The molecule has 0 spiro atoms. The second kappa shape index (κ2) is 6.22. The van der Waals surface area contributed by atoms with Crippen LogP contribution in [0.5, 0.6) is 0 Å². The molecule has 3 rings (SSSR count). The molecule has 4 heteroatoms. The van der Waals surface area contributed by atoms with Gasteiger partial charge < -0.3 is 10.2 Å². The number of hydrogen-bond acceptors (Lipinski definition) is 4. The monoisotopic (exact) mass is 282 g/mol. The lowest BCUT2D eigenvalue weighted by molar-refractivity contribution is 0.665. The Morgan fingerprint density at radius 3 is 2.57 bits per heavy atom. The summed E-state index contributed by atoms with van der Waals surface area (Å²) in [6, 6.07) is 13.2. The Morgan fingerprint density at radius 2 is 1.95 bits per heavy atom. The second-order valence-corrected chi connectivity index (χ2v) is 5.57. The SMILES string of the molecule is CCN(c1ccc(CNC2CC2)nn1)c1ccccc1C. The maximum Gasteiger partial charge on any atom is 0.155 e. The van der Waals surface area contributed by atoms with Crippen LogP contribution in [0, 0.1) is 6.92 Å². The lowest BCUT2D eigenvalue weighted by Gasteiger charge is -2.23. The maximum atomic E-state index is 4.40. The highest BCUT2D eigenvalue weighted by Gasteiger charge is 2.20. The first-order valence-corrected chi connectivity index (χ1v) is 7.67. The summed E-state index contributed by atoms with van der Waals surface area (Å²) in [6.07, 6.45) is 2.59. The molecule has 1 N–H and O–H groups in total. The van der Waals surface area contributed by atoms with Crippen molar-refractivity contribution in [2.24, 2.45) is 0 Å². The van der Waals surface area contributed by atoms with Crippen molar-refractivity contribution < 1.29 is 0 Å². The van der Waals surface area contributed by atoms with E-state index in [2.05, 4.69) is 70.7 Å². The molecule has 110 valence electrons. The lowest BCUT2D eigenvalue weighted by atomic mass is 10.2. The van der Waals surface area contributed by atoms with E-state index in [1.807, 2.05) is 0 Å². The quantitative estimate of drug-likeness (QED) is 0.883. The van der Waals surface area contributed by atoms with E-state index in [4.69, 9.17) is 0 Å². The molecule has 1 aromatic heterocycles. The Kier molecular flexibility index (Phi) is 4.15. The lowest BCUT2D eigenvalue weighted by Crippen LogP contribution is -2.20. The van der Waals surface area contributed by atoms with Gasteiger partial charge in [0.05, 0.1) is 5.69 Å². The van der Waals surface area contributed by atoms with Crippen molar-refractivity contribution in [3.8, 4) is 0 Å². The minimum Gasteiger partial charge on any atom is -0.325 e. The van der Waals surface area contributed by atoms with Gasteiger partial charge in [-0.2, -0.15) is 5.10 Å². The highest BCUT2D eigenvalue weighted by molar-refractivity contribution is 5.63. The van der Waals surface area contributed by atoms with Crippen LogP contribution in [0.4, 0.5) is 11.5 Å². The Morgan fingerprint density at radius 1 is 1.14 bits per heavy atom. The fourth-order valence-electron chi connectivity index (χ4n) is 2.45. The molecule has 0 radical (unpaired) electrons. The Bertz CT molecular complexity index is 590. The van der Waals surface area contributed by atoms with Crippen LogP contribution in [-0.2, 0) is 6.54 Å². The molecule has 0 bridgehead atoms. The summed E-state index contributed by atoms with van der Waals surface area (Å²) < 4.78 is 0. The molecule has 4 nitrogen and oxygen atoms in total.